The Bertz CT molecular complexity index is 329. The SMILES string of the molecule is NC1COc2c(Br)ccc(I)c21. The molecule has 0 radical (unpaired) electrons. The van der Waals surface area contributed by atoms with Crippen LogP contribution in [0.25, 0.3) is 0 Å². The van der Waals surface area contributed by atoms with E-state index in [0.29, 0.717) is 6.61 Å². The lowest BCUT2D eigenvalue weighted by Gasteiger charge is -2.04. The summed E-state index contributed by atoms with van der Waals surface area (Å²) in [7, 11) is 0. The first-order valence-corrected chi connectivity index (χ1v) is 5.43. The minimum Gasteiger partial charge on any atom is -0.490 e. The molecule has 1 atom stereocenters. The van der Waals surface area contributed by atoms with E-state index in [-0.39, 0.29) is 6.04 Å². The van der Waals surface area contributed by atoms with Crippen LogP contribution in [0.15, 0.2) is 16.6 Å². The Balaban J connectivity index is 2.64. The molecular formula is C8H7BrINO. The Morgan fingerprint density at radius 2 is 2.33 bits per heavy atom. The molecule has 0 saturated carbocycles. The molecule has 2 N–H and O–H groups in total. The van der Waals surface area contributed by atoms with E-state index in [4.69, 9.17) is 10.5 Å². The molecule has 0 amide bonds. The molecular weight excluding hydrogens is 333 g/mol. The van der Waals surface area contributed by atoms with Gasteiger partial charge in [0.05, 0.1) is 10.5 Å². The highest BCUT2D eigenvalue weighted by atomic mass is 127. The van der Waals surface area contributed by atoms with Gasteiger partial charge in [0.2, 0.25) is 0 Å². The van der Waals surface area contributed by atoms with Crippen LogP contribution in [0.4, 0.5) is 0 Å². The predicted octanol–water partition coefficient (Wildman–Crippen LogP) is 2.45. The third kappa shape index (κ3) is 1.25. The molecule has 0 spiro atoms. The van der Waals surface area contributed by atoms with Crippen molar-refractivity contribution >= 4 is 38.5 Å². The molecule has 64 valence electrons. The smallest absolute Gasteiger partial charge is 0.139 e. The highest BCUT2D eigenvalue weighted by Gasteiger charge is 2.25. The normalized spacial score (nSPS) is 20.4. The average Bonchev–Trinajstić information content (AvgIpc) is 2.42. The van der Waals surface area contributed by atoms with Crippen LogP contribution in [0, 0.1) is 3.57 Å². The van der Waals surface area contributed by atoms with Gasteiger partial charge in [-0.05, 0) is 50.7 Å². The van der Waals surface area contributed by atoms with Crippen molar-refractivity contribution in [3.63, 3.8) is 0 Å². The molecule has 0 saturated heterocycles. The second-order valence-corrected chi connectivity index (χ2v) is 4.71. The lowest BCUT2D eigenvalue weighted by molar-refractivity contribution is 0.331. The Labute approximate surface area is 92.7 Å². The topological polar surface area (TPSA) is 35.2 Å². The van der Waals surface area contributed by atoms with E-state index in [1.54, 1.807) is 0 Å². The van der Waals surface area contributed by atoms with E-state index in [1.165, 1.54) is 3.57 Å². The van der Waals surface area contributed by atoms with Crippen LogP contribution in [-0.2, 0) is 0 Å². The quantitative estimate of drug-likeness (QED) is 0.737. The van der Waals surface area contributed by atoms with Gasteiger partial charge in [-0.25, -0.2) is 0 Å². The van der Waals surface area contributed by atoms with Crippen LogP contribution in [0.5, 0.6) is 5.75 Å². The summed E-state index contributed by atoms with van der Waals surface area (Å²) in [6.45, 7) is 0.591. The summed E-state index contributed by atoms with van der Waals surface area (Å²) in [5, 5.41) is 0. The van der Waals surface area contributed by atoms with Crippen LogP contribution >= 0.6 is 38.5 Å². The van der Waals surface area contributed by atoms with Gasteiger partial charge < -0.3 is 10.5 Å². The Kier molecular flexibility index (Phi) is 2.31. The highest BCUT2D eigenvalue weighted by Crippen LogP contribution is 2.40. The van der Waals surface area contributed by atoms with Crippen molar-refractivity contribution in [2.45, 2.75) is 6.04 Å². The van der Waals surface area contributed by atoms with Crippen LogP contribution in [-0.4, -0.2) is 6.61 Å². The molecule has 1 aliphatic heterocycles. The van der Waals surface area contributed by atoms with Gasteiger partial charge in [0, 0.05) is 9.13 Å². The molecule has 0 bridgehead atoms. The summed E-state index contributed by atoms with van der Waals surface area (Å²) >= 11 is 5.70. The largest absolute Gasteiger partial charge is 0.490 e. The lowest BCUT2D eigenvalue weighted by atomic mass is 10.1. The summed E-state index contributed by atoms with van der Waals surface area (Å²) in [6, 6.07) is 4.06. The third-order valence-electron chi connectivity index (χ3n) is 1.87. The van der Waals surface area contributed by atoms with Gasteiger partial charge >= 0.3 is 0 Å². The van der Waals surface area contributed by atoms with E-state index in [9.17, 15) is 0 Å². The number of halogens is 2. The van der Waals surface area contributed by atoms with Gasteiger partial charge in [0.15, 0.2) is 0 Å². The summed E-state index contributed by atoms with van der Waals surface area (Å²) in [5.74, 6) is 0.911. The first kappa shape index (κ1) is 8.77. The molecule has 0 fully saturated rings. The number of benzene rings is 1. The van der Waals surface area contributed by atoms with E-state index >= 15 is 0 Å². The van der Waals surface area contributed by atoms with Gasteiger partial charge in [-0.1, -0.05) is 0 Å². The van der Waals surface area contributed by atoms with Crippen molar-refractivity contribution in [1.29, 1.82) is 0 Å². The van der Waals surface area contributed by atoms with Gasteiger partial charge in [0.25, 0.3) is 0 Å². The molecule has 1 unspecified atom stereocenters. The van der Waals surface area contributed by atoms with E-state index < -0.39 is 0 Å². The lowest BCUT2D eigenvalue weighted by Crippen LogP contribution is -2.11. The fraction of sp³-hybridized carbons (Fsp3) is 0.250. The van der Waals surface area contributed by atoms with Crippen molar-refractivity contribution < 1.29 is 4.74 Å². The second-order valence-electron chi connectivity index (χ2n) is 2.69. The van der Waals surface area contributed by atoms with Gasteiger partial charge in [-0.15, -0.1) is 0 Å². The second kappa shape index (κ2) is 3.16. The van der Waals surface area contributed by atoms with Crippen LogP contribution in [0.2, 0.25) is 0 Å². The van der Waals surface area contributed by atoms with Crippen LogP contribution < -0.4 is 10.5 Å². The zero-order chi connectivity index (χ0) is 8.72. The predicted molar refractivity (Wildman–Crippen MR) is 59.3 cm³/mol. The molecule has 2 rings (SSSR count). The average molecular weight is 340 g/mol. The molecule has 1 aromatic rings. The molecule has 1 heterocycles. The van der Waals surface area contributed by atoms with Crippen molar-refractivity contribution in [2.24, 2.45) is 5.73 Å². The zero-order valence-electron chi connectivity index (χ0n) is 6.18. The number of hydrogen-bond acceptors (Lipinski definition) is 2. The van der Waals surface area contributed by atoms with Gasteiger partial charge in [-0.2, -0.15) is 0 Å². The number of hydrogen-bond donors (Lipinski definition) is 1. The standard InChI is InChI=1S/C8H7BrINO/c9-4-1-2-5(10)7-6(11)3-12-8(4)7/h1-2,6H,3,11H2. The van der Waals surface area contributed by atoms with E-state index in [1.807, 2.05) is 12.1 Å². The number of fused-ring (bicyclic) bond motifs is 1. The van der Waals surface area contributed by atoms with E-state index in [2.05, 4.69) is 38.5 Å². The van der Waals surface area contributed by atoms with Crippen molar-refractivity contribution in [2.75, 3.05) is 6.61 Å². The fourth-order valence-electron chi connectivity index (χ4n) is 1.30. The summed E-state index contributed by atoms with van der Waals surface area (Å²) in [4.78, 5) is 0. The van der Waals surface area contributed by atoms with Gasteiger partial charge in [0.1, 0.15) is 12.4 Å². The van der Waals surface area contributed by atoms with Gasteiger partial charge in [-0.3, -0.25) is 0 Å². The maximum Gasteiger partial charge on any atom is 0.139 e. The molecule has 1 aromatic carbocycles. The molecule has 0 aromatic heterocycles. The molecule has 2 nitrogen and oxygen atoms in total. The Morgan fingerprint density at radius 3 is 3.00 bits per heavy atom. The van der Waals surface area contributed by atoms with Crippen LogP contribution in [0.3, 0.4) is 0 Å². The van der Waals surface area contributed by atoms with Crippen LogP contribution in [0.1, 0.15) is 11.6 Å². The number of ether oxygens (including phenoxy) is 1. The number of nitrogens with two attached hydrogens (primary N) is 1. The fourth-order valence-corrected chi connectivity index (χ4v) is 2.58. The minimum absolute atomic E-state index is 0.0319. The van der Waals surface area contributed by atoms with Crippen molar-refractivity contribution in [3.05, 3.63) is 25.7 Å². The maximum absolute atomic E-state index is 5.87. The molecule has 4 heteroatoms. The Hall–Kier alpha value is 0.190. The summed E-state index contributed by atoms with van der Waals surface area (Å²) in [5.41, 5.74) is 7.00. The summed E-state index contributed by atoms with van der Waals surface area (Å²) < 4.78 is 7.61. The Morgan fingerprint density at radius 1 is 1.58 bits per heavy atom. The van der Waals surface area contributed by atoms with Crippen molar-refractivity contribution in [1.82, 2.24) is 0 Å². The number of rotatable bonds is 0. The molecule has 12 heavy (non-hydrogen) atoms. The molecule has 1 aliphatic rings. The first-order chi connectivity index (χ1) is 5.70. The first-order valence-electron chi connectivity index (χ1n) is 3.56. The monoisotopic (exact) mass is 339 g/mol. The maximum atomic E-state index is 5.87. The zero-order valence-corrected chi connectivity index (χ0v) is 9.92. The summed E-state index contributed by atoms with van der Waals surface area (Å²) in [6.07, 6.45) is 0. The highest BCUT2D eigenvalue weighted by molar-refractivity contribution is 14.1. The van der Waals surface area contributed by atoms with E-state index in [0.717, 1.165) is 15.8 Å². The molecule has 0 aliphatic carbocycles. The third-order valence-corrected chi connectivity index (χ3v) is 3.44. The minimum atomic E-state index is 0.0319. The van der Waals surface area contributed by atoms with Crippen molar-refractivity contribution in [3.8, 4) is 5.75 Å².